The topological polar surface area (TPSA) is 44.0 Å². The summed E-state index contributed by atoms with van der Waals surface area (Å²) in [5, 5.41) is 10.7. The second-order valence-corrected chi connectivity index (χ2v) is 5.41. The SMILES string of the molecule is CCCCCCCCCC[n+]1ccccc1CC(=O)[O-]. The third-order valence-corrected chi connectivity index (χ3v) is 3.61. The molecule has 0 N–H and O–H groups in total. The van der Waals surface area contributed by atoms with Crippen molar-refractivity contribution in [2.45, 2.75) is 71.3 Å². The van der Waals surface area contributed by atoms with Crippen molar-refractivity contribution in [3.63, 3.8) is 0 Å². The largest absolute Gasteiger partial charge is 0.550 e. The molecule has 3 heteroatoms. The van der Waals surface area contributed by atoms with E-state index in [0.29, 0.717) is 0 Å². The van der Waals surface area contributed by atoms with Gasteiger partial charge in [-0.2, -0.15) is 0 Å². The molecular formula is C17H27NO2. The van der Waals surface area contributed by atoms with Crippen molar-refractivity contribution in [2.24, 2.45) is 0 Å². The average Bonchev–Trinajstić information content (AvgIpc) is 2.43. The Morgan fingerprint density at radius 3 is 2.35 bits per heavy atom. The summed E-state index contributed by atoms with van der Waals surface area (Å²) in [6, 6.07) is 5.69. The van der Waals surface area contributed by atoms with Gasteiger partial charge in [-0.05, 0) is 6.42 Å². The molecule has 0 spiro atoms. The van der Waals surface area contributed by atoms with Crippen LogP contribution in [0.5, 0.6) is 0 Å². The van der Waals surface area contributed by atoms with E-state index in [9.17, 15) is 9.90 Å². The lowest BCUT2D eigenvalue weighted by Gasteiger charge is -2.05. The molecule has 0 bridgehead atoms. The molecule has 0 aromatic carbocycles. The fourth-order valence-electron chi connectivity index (χ4n) is 2.45. The van der Waals surface area contributed by atoms with Crippen molar-refractivity contribution < 1.29 is 14.5 Å². The summed E-state index contributed by atoms with van der Waals surface area (Å²) in [5.74, 6) is -1.01. The number of carbonyl (C=O) groups is 1. The molecule has 0 saturated heterocycles. The first kappa shape index (κ1) is 16.7. The van der Waals surface area contributed by atoms with Crippen molar-refractivity contribution in [1.29, 1.82) is 0 Å². The quantitative estimate of drug-likeness (QED) is 0.460. The van der Waals surface area contributed by atoms with Gasteiger partial charge in [-0.15, -0.1) is 0 Å². The van der Waals surface area contributed by atoms with Crippen LogP contribution >= 0.6 is 0 Å². The highest BCUT2D eigenvalue weighted by Crippen LogP contribution is 2.08. The molecule has 20 heavy (non-hydrogen) atoms. The van der Waals surface area contributed by atoms with Crippen molar-refractivity contribution in [3.05, 3.63) is 30.1 Å². The average molecular weight is 277 g/mol. The smallest absolute Gasteiger partial charge is 0.186 e. The van der Waals surface area contributed by atoms with Gasteiger partial charge >= 0.3 is 0 Å². The lowest BCUT2D eigenvalue weighted by Crippen LogP contribution is -2.40. The molecule has 1 rings (SSSR count). The normalized spacial score (nSPS) is 10.7. The maximum absolute atomic E-state index is 10.7. The maximum Gasteiger partial charge on any atom is 0.186 e. The third kappa shape index (κ3) is 7.27. The van der Waals surface area contributed by atoms with Crippen molar-refractivity contribution >= 4 is 5.97 Å². The van der Waals surface area contributed by atoms with Crippen LogP contribution in [0.25, 0.3) is 0 Å². The number of aromatic nitrogens is 1. The lowest BCUT2D eigenvalue weighted by atomic mass is 10.1. The molecule has 0 radical (unpaired) electrons. The van der Waals surface area contributed by atoms with E-state index < -0.39 is 5.97 Å². The van der Waals surface area contributed by atoms with Gasteiger partial charge < -0.3 is 9.90 Å². The number of rotatable bonds is 11. The summed E-state index contributed by atoms with van der Waals surface area (Å²) in [4.78, 5) is 10.7. The minimum atomic E-state index is -1.01. The Morgan fingerprint density at radius 2 is 1.70 bits per heavy atom. The number of aliphatic carboxylic acids is 1. The summed E-state index contributed by atoms with van der Waals surface area (Å²) in [6.45, 7) is 3.14. The molecule has 1 aromatic heterocycles. The number of nitrogens with zero attached hydrogens (tertiary/aromatic N) is 1. The standard InChI is InChI=1S/C17H27NO2/c1-2-3-4-5-6-7-8-10-13-18-14-11-9-12-16(18)15-17(19)20/h9,11-12,14H,2-8,10,13,15H2,1H3. The highest BCUT2D eigenvalue weighted by molar-refractivity contribution is 5.66. The van der Waals surface area contributed by atoms with Gasteiger partial charge in [0.15, 0.2) is 11.9 Å². The molecule has 0 aliphatic carbocycles. The molecule has 0 saturated carbocycles. The first-order chi connectivity index (χ1) is 9.74. The number of unbranched alkanes of at least 4 members (excludes halogenated alkanes) is 7. The summed E-state index contributed by atoms with van der Waals surface area (Å²) < 4.78 is 2.03. The molecule has 1 aromatic rings. The second-order valence-electron chi connectivity index (χ2n) is 5.41. The summed E-state index contributed by atoms with van der Waals surface area (Å²) in [7, 11) is 0. The van der Waals surface area contributed by atoms with E-state index in [-0.39, 0.29) is 6.42 Å². The van der Waals surface area contributed by atoms with Gasteiger partial charge in [-0.25, -0.2) is 4.57 Å². The maximum atomic E-state index is 10.7. The molecule has 0 fully saturated rings. The number of pyridine rings is 1. The minimum Gasteiger partial charge on any atom is -0.550 e. The van der Waals surface area contributed by atoms with Crippen LogP contribution in [0.1, 0.15) is 64.0 Å². The highest BCUT2D eigenvalue weighted by atomic mass is 16.4. The van der Waals surface area contributed by atoms with Crippen LogP contribution in [0.2, 0.25) is 0 Å². The Balaban J connectivity index is 2.20. The number of carboxylic acids is 1. The van der Waals surface area contributed by atoms with Crippen LogP contribution in [-0.2, 0) is 17.8 Å². The monoisotopic (exact) mass is 277 g/mol. The van der Waals surface area contributed by atoms with Gasteiger partial charge in [-0.3, -0.25) is 0 Å². The Kier molecular flexibility index (Phi) is 8.68. The molecule has 112 valence electrons. The summed E-state index contributed by atoms with van der Waals surface area (Å²) >= 11 is 0. The first-order valence-corrected chi connectivity index (χ1v) is 7.91. The molecule has 0 aliphatic heterocycles. The van der Waals surface area contributed by atoms with Crippen molar-refractivity contribution in [1.82, 2.24) is 0 Å². The third-order valence-electron chi connectivity index (χ3n) is 3.61. The first-order valence-electron chi connectivity index (χ1n) is 7.91. The number of aryl methyl sites for hydroxylation is 1. The molecule has 0 unspecified atom stereocenters. The Labute approximate surface area is 122 Å². The molecule has 1 heterocycles. The fraction of sp³-hybridized carbons (Fsp3) is 0.647. The molecule has 3 nitrogen and oxygen atoms in total. The Hall–Kier alpha value is -1.38. The van der Waals surface area contributed by atoms with E-state index in [1.165, 1.54) is 44.9 Å². The van der Waals surface area contributed by atoms with Crippen LogP contribution in [-0.4, -0.2) is 5.97 Å². The van der Waals surface area contributed by atoms with E-state index >= 15 is 0 Å². The second kappa shape index (κ2) is 10.4. The van der Waals surface area contributed by atoms with Crippen LogP contribution in [0.4, 0.5) is 0 Å². The highest BCUT2D eigenvalue weighted by Gasteiger charge is 2.08. The minimum absolute atomic E-state index is 0.00213. The molecular weight excluding hydrogens is 250 g/mol. The Bertz CT molecular complexity index is 390. The van der Waals surface area contributed by atoms with E-state index in [0.717, 1.165) is 18.7 Å². The number of carbonyl (C=O) groups excluding carboxylic acids is 1. The molecule has 0 amide bonds. The van der Waals surface area contributed by atoms with E-state index in [4.69, 9.17) is 0 Å². The fourth-order valence-corrected chi connectivity index (χ4v) is 2.45. The van der Waals surface area contributed by atoms with Gasteiger partial charge in [0, 0.05) is 18.6 Å². The molecule has 0 atom stereocenters. The van der Waals surface area contributed by atoms with Gasteiger partial charge in [0.25, 0.3) is 0 Å². The van der Waals surface area contributed by atoms with Gasteiger partial charge in [0.05, 0.1) is 12.4 Å². The zero-order valence-electron chi connectivity index (χ0n) is 12.6. The lowest BCUT2D eigenvalue weighted by molar-refractivity contribution is -0.704. The number of carboxylic acid groups (broad SMARTS) is 1. The van der Waals surface area contributed by atoms with Gasteiger partial charge in [-0.1, -0.05) is 51.5 Å². The number of hydrogen-bond donors (Lipinski definition) is 0. The van der Waals surface area contributed by atoms with Crippen LogP contribution in [0.15, 0.2) is 24.4 Å². The van der Waals surface area contributed by atoms with Crippen LogP contribution < -0.4 is 9.67 Å². The zero-order valence-corrected chi connectivity index (χ0v) is 12.6. The van der Waals surface area contributed by atoms with Gasteiger partial charge in [0.1, 0.15) is 6.54 Å². The predicted molar refractivity (Wildman–Crippen MR) is 78.0 cm³/mol. The van der Waals surface area contributed by atoms with Crippen LogP contribution in [0, 0.1) is 0 Å². The summed E-state index contributed by atoms with van der Waals surface area (Å²) in [6.07, 6.45) is 12.3. The number of hydrogen-bond acceptors (Lipinski definition) is 2. The Morgan fingerprint density at radius 1 is 1.05 bits per heavy atom. The molecule has 0 aliphatic rings. The predicted octanol–water partition coefficient (Wildman–Crippen LogP) is 2.41. The zero-order chi connectivity index (χ0) is 14.6. The summed E-state index contributed by atoms with van der Waals surface area (Å²) in [5.41, 5.74) is 0.829. The van der Waals surface area contributed by atoms with Gasteiger partial charge in [0.2, 0.25) is 0 Å². The van der Waals surface area contributed by atoms with E-state index in [1.807, 2.05) is 29.0 Å². The van der Waals surface area contributed by atoms with Crippen molar-refractivity contribution in [3.8, 4) is 0 Å². The van der Waals surface area contributed by atoms with E-state index in [1.54, 1.807) is 0 Å². The van der Waals surface area contributed by atoms with Crippen molar-refractivity contribution in [2.75, 3.05) is 0 Å². The van der Waals surface area contributed by atoms with E-state index in [2.05, 4.69) is 6.92 Å². The van der Waals surface area contributed by atoms with Crippen LogP contribution in [0.3, 0.4) is 0 Å².